The average molecular weight is 248 g/mol. The number of nitrogens with zero attached hydrogens (tertiary/aromatic N) is 1. The number of carbonyl (C=O) groups is 1. The van der Waals surface area contributed by atoms with Crippen LogP contribution >= 0.6 is 0 Å². The summed E-state index contributed by atoms with van der Waals surface area (Å²) in [4.78, 5) is 14.0. The second-order valence-corrected chi connectivity index (χ2v) is 4.60. The van der Waals surface area contributed by atoms with Crippen LogP contribution in [0.3, 0.4) is 0 Å². The Morgan fingerprint density at radius 1 is 1.50 bits per heavy atom. The molecule has 0 bridgehead atoms. The van der Waals surface area contributed by atoms with Crippen LogP contribution < -0.4 is 10.6 Å². The summed E-state index contributed by atoms with van der Waals surface area (Å²) in [5.41, 5.74) is 7.76. The average Bonchev–Trinajstić information content (AvgIpc) is 2.40. The van der Waals surface area contributed by atoms with E-state index >= 15 is 0 Å². The van der Waals surface area contributed by atoms with Gasteiger partial charge in [-0.15, -0.1) is 0 Å². The van der Waals surface area contributed by atoms with Gasteiger partial charge in [0.25, 0.3) is 0 Å². The van der Waals surface area contributed by atoms with Crippen molar-refractivity contribution in [2.75, 3.05) is 30.3 Å². The SMILES string of the molecule is CCOC(=O)[C@@H]1CCCN(c2ccccc2N)C1. The summed E-state index contributed by atoms with van der Waals surface area (Å²) in [6.45, 7) is 3.94. The summed E-state index contributed by atoms with van der Waals surface area (Å²) in [5, 5.41) is 0. The molecule has 18 heavy (non-hydrogen) atoms. The van der Waals surface area contributed by atoms with Gasteiger partial charge < -0.3 is 15.4 Å². The molecule has 98 valence electrons. The zero-order valence-electron chi connectivity index (χ0n) is 10.8. The first kappa shape index (κ1) is 12.7. The number of para-hydroxylation sites is 2. The Labute approximate surface area is 108 Å². The van der Waals surface area contributed by atoms with E-state index < -0.39 is 0 Å². The molecule has 0 saturated carbocycles. The number of piperidine rings is 1. The van der Waals surface area contributed by atoms with Crippen molar-refractivity contribution < 1.29 is 9.53 Å². The normalized spacial score (nSPS) is 19.6. The first-order chi connectivity index (χ1) is 8.72. The second kappa shape index (κ2) is 5.76. The van der Waals surface area contributed by atoms with Crippen molar-refractivity contribution in [1.82, 2.24) is 0 Å². The molecule has 4 nitrogen and oxygen atoms in total. The van der Waals surface area contributed by atoms with Gasteiger partial charge in [0.15, 0.2) is 0 Å². The third kappa shape index (κ3) is 2.75. The molecule has 4 heteroatoms. The van der Waals surface area contributed by atoms with Crippen LogP contribution in [0.2, 0.25) is 0 Å². The standard InChI is InChI=1S/C14H20N2O2/c1-2-18-14(17)11-6-5-9-16(10-11)13-8-4-3-7-12(13)15/h3-4,7-8,11H,2,5-6,9-10,15H2,1H3/t11-/m1/s1. The maximum absolute atomic E-state index is 11.8. The van der Waals surface area contributed by atoms with Crippen molar-refractivity contribution in [1.29, 1.82) is 0 Å². The van der Waals surface area contributed by atoms with E-state index in [4.69, 9.17) is 10.5 Å². The Balaban J connectivity index is 2.07. The van der Waals surface area contributed by atoms with Gasteiger partial charge >= 0.3 is 5.97 Å². The number of anilines is 2. The van der Waals surface area contributed by atoms with E-state index in [1.807, 2.05) is 31.2 Å². The molecule has 1 aliphatic rings. The molecule has 1 aromatic rings. The van der Waals surface area contributed by atoms with Crippen LogP contribution in [0, 0.1) is 5.92 Å². The summed E-state index contributed by atoms with van der Waals surface area (Å²) in [5.74, 6) is -0.116. The van der Waals surface area contributed by atoms with Crippen LogP contribution in [0.4, 0.5) is 11.4 Å². The fourth-order valence-corrected chi connectivity index (χ4v) is 2.42. The first-order valence-corrected chi connectivity index (χ1v) is 6.48. The number of esters is 1. The third-order valence-corrected chi connectivity index (χ3v) is 3.32. The Morgan fingerprint density at radius 3 is 3.00 bits per heavy atom. The monoisotopic (exact) mass is 248 g/mol. The van der Waals surface area contributed by atoms with E-state index in [9.17, 15) is 4.79 Å². The maximum Gasteiger partial charge on any atom is 0.310 e. The molecule has 0 aliphatic carbocycles. The summed E-state index contributed by atoms with van der Waals surface area (Å²) in [6, 6.07) is 7.79. The van der Waals surface area contributed by atoms with Gasteiger partial charge in [-0.25, -0.2) is 0 Å². The molecule has 1 saturated heterocycles. The maximum atomic E-state index is 11.8. The Bertz CT molecular complexity index is 420. The lowest BCUT2D eigenvalue weighted by molar-refractivity contribution is -0.148. The van der Waals surface area contributed by atoms with Crippen LogP contribution in [0.15, 0.2) is 24.3 Å². The smallest absolute Gasteiger partial charge is 0.310 e. The fraction of sp³-hybridized carbons (Fsp3) is 0.500. The summed E-state index contributed by atoms with van der Waals surface area (Å²) in [7, 11) is 0. The number of ether oxygens (including phenoxy) is 1. The Hall–Kier alpha value is -1.71. The predicted octanol–water partition coefficient (Wildman–Crippen LogP) is 2.05. The molecule has 1 aromatic carbocycles. The highest BCUT2D eigenvalue weighted by atomic mass is 16.5. The molecule has 0 amide bonds. The quantitative estimate of drug-likeness (QED) is 0.657. The van der Waals surface area contributed by atoms with Crippen LogP contribution in [-0.4, -0.2) is 25.7 Å². The molecule has 2 N–H and O–H groups in total. The van der Waals surface area contributed by atoms with Crippen molar-refractivity contribution >= 4 is 17.3 Å². The number of nitrogen functional groups attached to an aromatic ring is 1. The number of hydrogen-bond donors (Lipinski definition) is 1. The highest BCUT2D eigenvalue weighted by molar-refractivity contribution is 5.75. The van der Waals surface area contributed by atoms with Crippen LogP contribution in [0.5, 0.6) is 0 Å². The predicted molar refractivity (Wildman–Crippen MR) is 72.4 cm³/mol. The van der Waals surface area contributed by atoms with E-state index in [1.54, 1.807) is 0 Å². The molecule has 1 heterocycles. The lowest BCUT2D eigenvalue weighted by atomic mass is 9.97. The van der Waals surface area contributed by atoms with Crippen molar-refractivity contribution in [3.63, 3.8) is 0 Å². The van der Waals surface area contributed by atoms with E-state index in [0.29, 0.717) is 13.2 Å². The molecular weight excluding hydrogens is 228 g/mol. The lowest BCUT2D eigenvalue weighted by Crippen LogP contribution is -2.39. The molecule has 1 aliphatic heterocycles. The van der Waals surface area contributed by atoms with E-state index in [2.05, 4.69) is 4.90 Å². The van der Waals surface area contributed by atoms with Crippen molar-refractivity contribution in [2.45, 2.75) is 19.8 Å². The van der Waals surface area contributed by atoms with Gasteiger partial charge in [-0.1, -0.05) is 12.1 Å². The first-order valence-electron chi connectivity index (χ1n) is 6.48. The molecule has 2 rings (SSSR count). The molecule has 1 fully saturated rings. The minimum absolute atomic E-state index is 0.0293. The van der Waals surface area contributed by atoms with E-state index in [1.165, 1.54) is 0 Å². The van der Waals surface area contributed by atoms with Crippen molar-refractivity contribution in [3.05, 3.63) is 24.3 Å². The number of hydrogen-bond acceptors (Lipinski definition) is 4. The van der Waals surface area contributed by atoms with Crippen molar-refractivity contribution in [3.8, 4) is 0 Å². The van der Waals surface area contributed by atoms with Gasteiger partial charge in [0.05, 0.1) is 23.9 Å². The molecular formula is C14H20N2O2. The minimum Gasteiger partial charge on any atom is -0.466 e. The third-order valence-electron chi connectivity index (χ3n) is 3.32. The van der Waals surface area contributed by atoms with Gasteiger partial charge in [0, 0.05) is 13.1 Å². The van der Waals surface area contributed by atoms with Crippen molar-refractivity contribution in [2.24, 2.45) is 5.92 Å². The van der Waals surface area contributed by atoms with Gasteiger partial charge in [0.1, 0.15) is 0 Å². The van der Waals surface area contributed by atoms with Gasteiger partial charge in [0.2, 0.25) is 0 Å². The van der Waals surface area contributed by atoms with Gasteiger partial charge in [-0.2, -0.15) is 0 Å². The minimum atomic E-state index is -0.0864. The summed E-state index contributed by atoms with van der Waals surface area (Å²) < 4.78 is 5.10. The number of benzene rings is 1. The summed E-state index contributed by atoms with van der Waals surface area (Å²) >= 11 is 0. The summed E-state index contributed by atoms with van der Waals surface area (Å²) in [6.07, 6.45) is 1.90. The fourth-order valence-electron chi connectivity index (χ4n) is 2.42. The number of rotatable bonds is 3. The van der Waals surface area contributed by atoms with E-state index in [0.717, 1.165) is 30.8 Å². The number of carbonyl (C=O) groups excluding carboxylic acids is 1. The highest BCUT2D eigenvalue weighted by Gasteiger charge is 2.27. The van der Waals surface area contributed by atoms with Gasteiger partial charge in [-0.05, 0) is 31.9 Å². The highest BCUT2D eigenvalue weighted by Crippen LogP contribution is 2.28. The molecule has 1 atom stereocenters. The second-order valence-electron chi connectivity index (χ2n) is 4.60. The molecule has 0 unspecified atom stereocenters. The Morgan fingerprint density at radius 2 is 2.28 bits per heavy atom. The zero-order valence-corrected chi connectivity index (χ0v) is 10.8. The lowest BCUT2D eigenvalue weighted by Gasteiger charge is -2.33. The molecule has 0 aromatic heterocycles. The Kier molecular flexibility index (Phi) is 4.07. The van der Waals surface area contributed by atoms with Crippen LogP contribution in [0.25, 0.3) is 0 Å². The van der Waals surface area contributed by atoms with Gasteiger partial charge in [-0.3, -0.25) is 4.79 Å². The number of nitrogens with two attached hydrogens (primary N) is 1. The van der Waals surface area contributed by atoms with Crippen LogP contribution in [-0.2, 0) is 9.53 Å². The topological polar surface area (TPSA) is 55.6 Å². The zero-order chi connectivity index (χ0) is 13.0. The van der Waals surface area contributed by atoms with E-state index in [-0.39, 0.29) is 11.9 Å². The largest absolute Gasteiger partial charge is 0.466 e. The molecule has 0 radical (unpaired) electrons. The van der Waals surface area contributed by atoms with Crippen LogP contribution in [0.1, 0.15) is 19.8 Å². The molecule has 0 spiro atoms.